The molecule has 0 aromatic heterocycles. The summed E-state index contributed by atoms with van der Waals surface area (Å²) in [6.45, 7) is 3.56. The molecule has 1 N–H and O–H groups in total. The summed E-state index contributed by atoms with van der Waals surface area (Å²) in [5.41, 5.74) is 0.671. The van der Waals surface area contributed by atoms with Gasteiger partial charge in [0.2, 0.25) is 0 Å². The van der Waals surface area contributed by atoms with Crippen molar-refractivity contribution in [1.29, 1.82) is 0 Å². The molecule has 2 aromatic carbocycles. The van der Waals surface area contributed by atoms with Crippen molar-refractivity contribution < 1.29 is 23.1 Å². The van der Waals surface area contributed by atoms with Crippen LogP contribution in [0.1, 0.15) is 42.2 Å². The Labute approximate surface area is 151 Å². The SMILES string of the molecule is CC(C)C[C@H](NC(=O)COC(=O)c1cc(F)cc(F)c1)c1ccccc1. The molecule has 2 rings (SSSR count). The van der Waals surface area contributed by atoms with Gasteiger partial charge in [0.1, 0.15) is 11.6 Å². The van der Waals surface area contributed by atoms with E-state index in [0.29, 0.717) is 12.0 Å². The molecule has 26 heavy (non-hydrogen) atoms. The summed E-state index contributed by atoms with van der Waals surface area (Å²) in [5, 5.41) is 2.83. The zero-order chi connectivity index (χ0) is 19.1. The molecule has 2 aromatic rings. The van der Waals surface area contributed by atoms with Crippen molar-refractivity contribution in [3.63, 3.8) is 0 Å². The standard InChI is InChI=1S/C20H21F2NO3/c1-13(2)8-18(14-6-4-3-5-7-14)23-19(24)12-26-20(25)15-9-16(21)11-17(22)10-15/h3-7,9-11,13,18H,8,12H2,1-2H3,(H,23,24)/t18-/m0/s1. The fourth-order valence-electron chi connectivity index (χ4n) is 2.56. The van der Waals surface area contributed by atoms with Crippen LogP contribution in [0.4, 0.5) is 8.78 Å². The molecule has 0 spiro atoms. The molecule has 0 saturated carbocycles. The van der Waals surface area contributed by atoms with Gasteiger partial charge in [-0.2, -0.15) is 0 Å². The van der Waals surface area contributed by atoms with E-state index >= 15 is 0 Å². The van der Waals surface area contributed by atoms with Crippen molar-refractivity contribution >= 4 is 11.9 Å². The number of rotatable bonds is 7. The van der Waals surface area contributed by atoms with Crippen molar-refractivity contribution in [2.24, 2.45) is 5.92 Å². The Morgan fingerprint density at radius 1 is 1.04 bits per heavy atom. The third-order valence-corrected chi connectivity index (χ3v) is 3.68. The number of amides is 1. The van der Waals surface area contributed by atoms with Crippen molar-refractivity contribution in [3.05, 3.63) is 71.3 Å². The van der Waals surface area contributed by atoms with Crippen LogP contribution in [0.25, 0.3) is 0 Å². The number of carbonyl (C=O) groups excluding carboxylic acids is 2. The summed E-state index contributed by atoms with van der Waals surface area (Å²) >= 11 is 0. The number of ether oxygens (including phenoxy) is 1. The van der Waals surface area contributed by atoms with E-state index in [2.05, 4.69) is 5.32 Å². The minimum atomic E-state index is -0.960. The number of carbonyl (C=O) groups is 2. The van der Waals surface area contributed by atoms with E-state index in [1.807, 2.05) is 44.2 Å². The van der Waals surface area contributed by atoms with Gasteiger partial charge >= 0.3 is 5.97 Å². The first-order valence-corrected chi connectivity index (χ1v) is 8.32. The number of halogens is 2. The first kappa shape index (κ1) is 19.6. The van der Waals surface area contributed by atoms with Crippen molar-refractivity contribution in [1.82, 2.24) is 5.32 Å². The molecule has 0 fully saturated rings. The minimum absolute atomic E-state index is 0.214. The monoisotopic (exact) mass is 361 g/mol. The summed E-state index contributed by atoms with van der Waals surface area (Å²) in [5.74, 6) is -2.87. The molecular weight excluding hydrogens is 340 g/mol. The minimum Gasteiger partial charge on any atom is -0.452 e. The Morgan fingerprint density at radius 2 is 1.65 bits per heavy atom. The predicted octanol–water partition coefficient (Wildman–Crippen LogP) is 4.03. The Hall–Kier alpha value is -2.76. The fourth-order valence-corrected chi connectivity index (χ4v) is 2.56. The second-order valence-electron chi connectivity index (χ2n) is 6.39. The molecule has 0 heterocycles. The van der Waals surface area contributed by atoms with Gasteiger partial charge in [0, 0.05) is 6.07 Å². The zero-order valence-corrected chi connectivity index (χ0v) is 14.7. The van der Waals surface area contributed by atoms with Gasteiger partial charge in [0.25, 0.3) is 5.91 Å². The lowest BCUT2D eigenvalue weighted by Gasteiger charge is -2.21. The number of nitrogens with one attached hydrogen (secondary N) is 1. The van der Waals surface area contributed by atoms with Crippen LogP contribution in [0.15, 0.2) is 48.5 Å². The van der Waals surface area contributed by atoms with Crippen LogP contribution in [-0.2, 0) is 9.53 Å². The van der Waals surface area contributed by atoms with Crippen LogP contribution >= 0.6 is 0 Å². The van der Waals surface area contributed by atoms with Crippen LogP contribution in [0.2, 0.25) is 0 Å². The highest BCUT2D eigenvalue weighted by molar-refractivity contribution is 5.91. The molecule has 0 aliphatic carbocycles. The normalized spacial score (nSPS) is 11.9. The first-order valence-electron chi connectivity index (χ1n) is 8.32. The maximum atomic E-state index is 13.1. The topological polar surface area (TPSA) is 55.4 Å². The van der Waals surface area contributed by atoms with Gasteiger partial charge in [-0.1, -0.05) is 44.2 Å². The van der Waals surface area contributed by atoms with Gasteiger partial charge in [-0.25, -0.2) is 13.6 Å². The summed E-state index contributed by atoms with van der Waals surface area (Å²) in [4.78, 5) is 24.0. The average molecular weight is 361 g/mol. The molecule has 0 aliphatic heterocycles. The Morgan fingerprint density at radius 3 is 2.23 bits per heavy atom. The van der Waals surface area contributed by atoms with Crippen LogP contribution in [-0.4, -0.2) is 18.5 Å². The maximum Gasteiger partial charge on any atom is 0.338 e. The molecule has 138 valence electrons. The lowest BCUT2D eigenvalue weighted by atomic mass is 9.97. The second-order valence-corrected chi connectivity index (χ2v) is 6.39. The van der Waals surface area contributed by atoms with Crippen LogP contribution in [0.5, 0.6) is 0 Å². The third kappa shape index (κ3) is 5.95. The number of hydrogen-bond donors (Lipinski definition) is 1. The molecule has 0 saturated heterocycles. The first-order chi connectivity index (χ1) is 12.3. The molecule has 0 unspecified atom stereocenters. The number of esters is 1. The summed E-state index contributed by atoms with van der Waals surface area (Å²) in [6, 6.07) is 11.6. The summed E-state index contributed by atoms with van der Waals surface area (Å²) in [7, 11) is 0. The molecular formula is C20H21F2NO3. The lowest BCUT2D eigenvalue weighted by molar-refractivity contribution is -0.125. The van der Waals surface area contributed by atoms with Gasteiger partial charge in [0.05, 0.1) is 11.6 Å². The summed E-state index contributed by atoms with van der Waals surface area (Å²) in [6.07, 6.45) is 0.721. The summed E-state index contributed by atoms with van der Waals surface area (Å²) < 4.78 is 31.1. The van der Waals surface area contributed by atoms with E-state index < -0.39 is 30.1 Å². The van der Waals surface area contributed by atoms with E-state index in [0.717, 1.165) is 24.1 Å². The fraction of sp³-hybridized carbons (Fsp3) is 0.300. The van der Waals surface area contributed by atoms with Crippen molar-refractivity contribution in [2.75, 3.05) is 6.61 Å². The van der Waals surface area contributed by atoms with Crippen LogP contribution in [0.3, 0.4) is 0 Å². The number of hydrogen-bond acceptors (Lipinski definition) is 3. The molecule has 1 amide bonds. The van der Waals surface area contributed by atoms with Crippen molar-refractivity contribution in [3.8, 4) is 0 Å². The van der Waals surface area contributed by atoms with Crippen molar-refractivity contribution in [2.45, 2.75) is 26.3 Å². The van der Waals surface area contributed by atoms with Gasteiger partial charge < -0.3 is 10.1 Å². The molecule has 4 nitrogen and oxygen atoms in total. The Balaban J connectivity index is 1.96. The maximum absolute atomic E-state index is 13.1. The third-order valence-electron chi connectivity index (χ3n) is 3.68. The molecule has 1 atom stereocenters. The van der Waals surface area contributed by atoms with Crippen LogP contribution in [0, 0.1) is 17.6 Å². The smallest absolute Gasteiger partial charge is 0.338 e. The Bertz CT molecular complexity index is 743. The highest BCUT2D eigenvalue weighted by Gasteiger charge is 2.18. The largest absolute Gasteiger partial charge is 0.452 e. The van der Waals surface area contributed by atoms with E-state index in [4.69, 9.17) is 4.74 Å². The van der Waals surface area contributed by atoms with Gasteiger partial charge in [-0.15, -0.1) is 0 Å². The zero-order valence-electron chi connectivity index (χ0n) is 14.7. The highest BCUT2D eigenvalue weighted by Crippen LogP contribution is 2.21. The highest BCUT2D eigenvalue weighted by atomic mass is 19.1. The predicted molar refractivity (Wildman–Crippen MR) is 93.4 cm³/mol. The molecule has 0 radical (unpaired) electrons. The van der Waals surface area contributed by atoms with Crippen LogP contribution < -0.4 is 5.32 Å². The lowest BCUT2D eigenvalue weighted by Crippen LogP contribution is -2.33. The number of benzene rings is 2. The average Bonchev–Trinajstić information content (AvgIpc) is 2.58. The quantitative estimate of drug-likeness (QED) is 0.758. The molecule has 0 aliphatic rings. The molecule has 6 heteroatoms. The van der Waals surface area contributed by atoms with Gasteiger partial charge in [0.15, 0.2) is 6.61 Å². The van der Waals surface area contributed by atoms with Gasteiger partial charge in [-0.05, 0) is 30.0 Å². The van der Waals surface area contributed by atoms with E-state index in [1.54, 1.807) is 0 Å². The molecule has 0 bridgehead atoms. The second kappa shape index (κ2) is 9.08. The Kier molecular flexibility index (Phi) is 6.83. The van der Waals surface area contributed by atoms with E-state index in [-0.39, 0.29) is 11.6 Å². The van der Waals surface area contributed by atoms with Gasteiger partial charge in [-0.3, -0.25) is 4.79 Å². The van der Waals surface area contributed by atoms with E-state index in [1.165, 1.54) is 0 Å². The van der Waals surface area contributed by atoms with E-state index in [9.17, 15) is 18.4 Å².